The summed E-state index contributed by atoms with van der Waals surface area (Å²) >= 11 is 0. The van der Waals surface area contributed by atoms with E-state index in [1.54, 1.807) is 0 Å². The SMILES string of the molecule is [2H]O[C@@H]1CC(CC[C@@H]2[C@@H]3C(=C([2H])[C@]([2H])(C([2H])([2H])[2H])C([2H])([2H])[C@@H]3OC(=O)[C@@]([2H])(C)CC)C([2H])=C([2H])[C@]2([2H])C)OC(=O)C1([2H])[2H]. The van der Waals surface area contributed by atoms with Crippen molar-refractivity contribution in [2.45, 2.75) is 84.4 Å². The van der Waals surface area contributed by atoms with E-state index in [1.165, 1.54) is 20.8 Å². The summed E-state index contributed by atoms with van der Waals surface area (Å²) in [7, 11) is 0. The van der Waals surface area contributed by atoms with Crippen LogP contribution in [0.4, 0.5) is 0 Å². The quantitative estimate of drug-likeness (QED) is 0.628. The minimum Gasteiger partial charge on any atom is -0.462 e. The van der Waals surface area contributed by atoms with E-state index in [-0.39, 0.29) is 25.7 Å². The Morgan fingerprint density at radius 3 is 3.17 bits per heavy atom. The number of cyclic esters (lactones) is 1. The van der Waals surface area contributed by atoms with E-state index < -0.39 is 103 Å². The number of hydrogen-bond acceptors (Lipinski definition) is 5. The molecule has 3 rings (SSSR count). The van der Waals surface area contributed by atoms with Gasteiger partial charge >= 0.3 is 11.9 Å². The minimum absolute atomic E-state index is 0.0796. The molecule has 5 nitrogen and oxygen atoms in total. The van der Waals surface area contributed by atoms with Crippen LogP contribution in [0.15, 0.2) is 23.7 Å². The lowest BCUT2D eigenvalue weighted by Crippen LogP contribution is -2.42. The fraction of sp³-hybridized carbons (Fsp3) is 0.750. The van der Waals surface area contributed by atoms with E-state index in [9.17, 15) is 9.59 Å². The number of aliphatic hydroxyl groups excluding tert-OH is 1. The predicted octanol–water partition coefficient (Wildman–Crippen LogP) is 4.20. The van der Waals surface area contributed by atoms with Crippen LogP contribution in [0, 0.1) is 29.5 Å². The summed E-state index contributed by atoms with van der Waals surface area (Å²) in [5.74, 6) is -12.7. The van der Waals surface area contributed by atoms with Gasteiger partial charge in [-0.25, -0.2) is 0 Å². The van der Waals surface area contributed by atoms with Crippen molar-refractivity contribution < 1.29 is 42.0 Å². The van der Waals surface area contributed by atoms with Gasteiger partial charge in [0.15, 0.2) is 0 Å². The first-order valence-corrected chi connectivity index (χ1v) is 9.79. The van der Waals surface area contributed by atoms with Crippen molar-refractivity contribution in [2.24, 2.45) is 29.5 Å². The van der Waals surface area contributed by atoms with Crippen molar-refractivity contribution in [2.75, 3.05) is 0 Å². The van der Waals surface area contributed by atoms with E-state index in [4.69, 9.17) is 28.7 Å². The number of rotatable bonds is 7. The largest absolute Gasteiger partial charge is 0.462 e. The van der Waals surface area contributed by atoms with Gasteiger partial charge in [0.1, 0.15) is 12.2 Å². The monoisotopic (exact) mass is 418 g/mol. The van der Waals surface area contributed by atoms with Crippen molar-refractivity contribution in [3.63, 3.8) is 0 Å². The molecule has 0 saturated carbocycles. The molecule has 5 heteroatoms. The molecule has 0 radical (unpaired) electrons. The number of esters is 2. The first-order valence-electron chi connectivity index (χ1n) is 16.7. The van der Waals surface area contributed by atoms with E-state index >= 15 is 0 Å². The Morgan fingerprint density at radius 1 is 1.62 bits per heavy atom. The number of allylic oxidation sites excluding steroid dienone is 3. The van der Waals surface area contributed by atoms with Crippen LogP contribution >= 0.6 is 0 Å². The Kier molecular flexibility index (Phi) is 3.30. The van der Waals surface area contributed by atoms with Crippen molar-refractivity contribution >= 4 is 11.9 Å². The molecule has 1 N–H and O–H groups in total. The highest BCUT2D eigenvalue weighted by Crippen LogP contribution is 2.45. The second-order valence-electron chi connectivity index (χ2n) is 7.56. The highest BCUT2D eigenvalue weighted by atomic mass is 16.5. The highest BCUT2D eigenvalue weighted by Gasteiger charge is 2.42. The first kappa shape index (κ1) is 10.1. The van der Waals surface area contributed by atoms with Crippen molar-refractivity contribution in [3.8, 4) is 0 Å². The zero-order chi connectivity index (χ0) is 33.3. The van der Waals surface area contributed by atoms with E-state index in [2.05, 4.69) is 5.11 Å². The predicted molar refractivity (Wildman–Crippen MR) is 111 cm³/mol. The maximum Gasteiger partial charge on any atom is 0.308 e. The number of carbonyl (C=O) groups excluding carboxylic acids is 2. The molecule has 0 spiro atoms. The average Bonchev–Trinajstić information content (AvgIpc) is 2.89. The van der Waals surface area contributed by atoms with E-state index in [1.807, 2.05) is 0 Å². The number of aliphatic hydroxyl groups is 1. The molecular formula is C24H36O5. The zero-order valence-corrected chi connectivity index (χ0v) is 16.8. The zero-order valence-electron chi connectivity index (χ0n) is 30.8. The van der Waals surface area contributed by atoms with Crippen molar-refractivity contribution in [1.29, 1.82) is 1.43 Å². The Hall–Kier alpha value is -1.62. The van der Waals surface area contributed by atoms with Gasteiger partial charge in [-0.1, -0.05) is 45.8 Å². The van der Waals surface area contributed by atoms with Crippen LogP contribution in [0.1, 0.15) is 83.9 Å². The van der Waals surface area contributed by atoms with Crippen LogP contribution in [0.5, 0.6) is 0 Å². The fourth-order valence-electron chi connectivity index (χ4n) is 3.76. The Balaban J connectivity index is 2.22. The van der Waals surface area contributed by atoms with Gasteiger partial charge in [-0.15, -0.1) is 0 Å². The average molecular weight is 419 g/mol. The topological polar surface area (TPSA) is 72.8 Å². The van der Waals surface area contributed by atoms with Gasteiger partial charge < -0.3 is 14.6 Å². The van der Waals surface area contributed by atoms with Gasteiger partial charge in [0.25, 0.3) is 0 Å². The second kappa shape index (κ2) is 9.46. The standard InChI is InChI=1S/C24H36O5/c1-5-15(3)24(27)29-21-11-14(2)10-17-7-6-16(4)20(23(17)21)9-8-19-12-18(25)13-22(26)28-19/h6-7,10,14-16,18-21,23,25H,5,8-9,11-13H2,1-4H3/t14-,15-,16-,18+,19?,20-,21-,23-/m0/s1/i2D3,6D,7D,10D,11D2,13D2,14D,15D,16D,25D. The van der Waals surface area contributed by atoms with Crippen LogP contribution in [0.2, 0.25) is 0 Å². The summed E-state index contributed by atoms with van der Waals surface area (Å²) in [5, 5.41) is 4.40. The van der Waals surface area contributed by atoms with E-state index in [0.717, 1.165) is 0 Å². The van der Waals surface area contributed by atoms with Crippen LogP contribution in [-0.2, 0) is 19.1 Å². The molecule has 3 aliphatic rings. The van der Waals surface area contributed by atoms with Gasteiger partial charge in [-0.3, -0.25) is 9.59 Å². The third-order valence-electron chi connectivity index (χ3n) is 5.53. The Labute approximate surface area is 194 Å². The molecule has 162 valence electrons. The molecule has 1 saturated heterocycles. The van der Waals surface area contributed by atoms with Gasteiger partial charge in [-0.2, -0.15) is 0 Å². The lowest BCUT2D eigenvalue weighted by atomic mass is 9.65. The Bertz CT molecular complexity index is 1210. The summed E-state index contributed by atoms with van der Waals surface area (Å²) in [5.41, 5.74) is -0.536. The molecule has 0 aromatic carbocycles. The van der Waals surface area contributed by atoms with Gasteiger partial charge in [-0.05, 0) is 48.9 Å². The van der Waals surface area contributed by atoms with Crippen LogP contribution in [0.3, 0.4) is 0 Å². The van der Waals surface area contributed by atoms with Crippen LogP contribution < -0.4 is 0 Å². The smallest absolute Gasteiger partial charge is 0.308 e. The molecule has 2 aliphatic carbocycles. The summed E-state index contributed by atoms with van der Waals surface area (Å²) in [4.78, 5) is 25.4. The fourth-order valence-corrected chi connectivity index (χ4v) is 3.76. The molecule has 29 heavy (non-hydrogen) atoms. The third-order valence-corrected chi connectivity index (χ3v) is 5.53. The molecule has 1 heterocycles. The molecule has 1 unspecified atom stereocenters. The molecule has 8 atom stereocenters. The third kappa shape index (κ3) is 5.30. The maximum atomic E-state index is 13.1. The second-order valence-corrected chi connectivity index (χ2v) is 7.56. The van der Waals surface area contributed by atoms with Crippen LogP contribution in [0.25, 0.3) is 0 Å². The lowest BCUT2D eigenvalue weighted by molar-refractivity contribution is -0.162. The lowest BCUT2D eigenvalue weighted by Gasteiger charge is -2.43. The summed E-state index contributed by atoms with van der Waals surface area (Å²) in [6.45, 7) is 0.434. The van der Waals surface area contributed by atoms with Crippen molar-refractivity contribution in [1.82, 2.24) is 0 Å². The molecular weight excluding hydrogens is 368 g/mol. The Morgan fingerprint density at radius 2 is 2.45 bits per heavy atom. The van der Waals surface area contributed by atoms with Crippen molar-refractivity contribution in [3.05, 3.63) is 23.7 Å². The maximum absolute atomic E-state index is 13.1. The molecule has 0 amide bonds. The number of fused-ring (bicyclic) bond motifs is 1. The normalized spacial score (nSPS) is 56.0. The molecule has 0 bridgehead atoms. The summed E-state index contributed by atoms with van der Waals surface area (Å²) < 4.78 is 127. The molecule has 1 aliphatic heterocycles. The van der Waals surface area contributed by atoms with E-state index in [0.29, 0.717) is 0 Å². The highest BCUT2D eigenvalue weighted by molar-refractivity contribution is 5.72. The van der Waals surface area contributed by atoms with Gasteiger partial charge in [0.2, 0.25) is 1.43 Å². The number of ether oxygens (including phenoxy) is 2. The summed E-state index contributed by atoms with van der Waals surface area (Å²) in [6, 6.07) is -2.54. The van der Waals surface area contributed by atoms with Crippen LogP contribution in [-0.4, -0.2) is 36.8 Å². The van der Waals surface area contributed by atoms with Gasteiger partial charge in [0, 0.05) is 26.0 Å². The number of hydrogen-bond donors (Lipinski definition) is 1. The molecule has 0 aromatic heterocycles. The minimum atomic E-state index is -3.51. The number of carbonyl (C=O) groups is 2. The van der Waals surface area contributed by atoms with Gasteiger partial charge in [0.05, 0.1) is 22.5 Å². The summed E-state index contributed by atoms with van der Waals surface area (Å²) in [6.07, 6.45) is -11.3. The molecule has 0 aromatic rings. The molecule has 1 fully saturated rings. The first-order chi connectivity index (χ1) is 19.3.